The van der Waals surface area contributed by atoms with E-state index in [0.717, 1.165) is 19.3 Å². The molecule has 2 fully saturated rings. The first-order chi connectivity index (χ1) is 16.7. The number of rotatable bonds is 3. The lowest BCUT2D eigenvalue weighted by Gasteiger charge is -2.46. The van der Waals surface area contributed by atoms with Crippen LogP contribution in [0.15, 0.2) is 21.6 Å². The van der Waals surface area contributed by atoms with E-state index in [9.17, 15) is 14.4 Å². The van der Waals surface area contributed by atoms with E-state index in [0.29, 0.717) is 24.5 Å². The molecule has 4 aliphatic heterocycles. The van der Waals surface area contributed by atoms with Crippen LogP contribution in [0.25, 0.3) is 0 Å². The van der Waals surface area contributed by atoms with Crippen LogP contribution in [0.5, 0.6) is 0 Å². The van der Waals surface area contributed by atoms with E-state index in [1.54, 1.807) is 17.9 Å². The normalized spacial score (nSPS) is 31.1. The third-order valence-corrected chi connectivity index (χ3v) is 7.28. The number of nitrogens with zero attached hydrogens (tertiary/aromatic N) is 6. The molecule has 1 amide bonds. The second kappa shape index (κ2) is 7.57. The number of hydrogen-bond acceptors (Lipinski definition) is 9. The fourth-order valence-corrected chi connectivity index (χ4v) is 5.53. The maximum Gasteiger partial charge on any atom is 0.255 e. The van der Waals surface area contributed by atoms with Crippen molar-refractivity contribution in [3.8, 4) is 6.07 Å². The molecule has 2 aromatic rings. The maximum absolute atomic E-state index is 14.7. The van der Waals surface area contributed by atoms with Crippen molar-refractivity contribution >= 4 is 23.6 Å². The summed E-state index contributed by atoms with van der Waals surface area (Å²) in [7, 11) is 0. The summed E-state index contributed by atoms with van der Waals surface area (Å²) in [6, 6.07) is 3.10. The van der Waals surface area contributed by atoms with E-state index in [1.165, 1.54) is 17.3 Å². The third-order valence-electron chi connectivity index (χ3n) is 7.28. The highest BCUT2D eigenvalue weighted by Gasteiger charge is 2.54. The molecule has 4 atom stereocenters. The first-order valence-corrected chi connectivity index (χ1v) is 11.8. The van der Waals surface area contributed by atoms with E-state index in [4.69, 9.17) is 14.0 Å². The fourth-order valence-electron chi connectivity index (χ4n) is 5.53. The molecular weight excluding hydrogens is 455 g/mol. The monoisotopic (exact) mass is 480 g/mol. The van der Waals surface area contributed by atoms with Crippen molar-refractivity contribution in [1.82, 2.24) is 10.1 Å². The zero-order valence-corrected chi connectivity index (χ0v) is 19.7. The molecule has 1 aromatic heterocycles. The number of hydrogen-bond donors (Lipinski definition) is 0. The van der Waals surface area contributed by atoms with Crippen molar-refractivity contribution in [3.05, 3.63) is 35.2 Å². The number of fused-ring (bicyclic) bond motifs is 3. The Labute approximate surface area is 201 Å². The second-order valence-electron chi connectivity index (χ2n) is 10.2. The Morgan fingerprint density at radius 2 is 2.09 bits per heavy atom. The molecule has 0 saturated carbocycles. The predicted octanol–water partition coefficient (Wildman–Crippen LogP) is 3.54. The number of aromatic nitrogens is 2. The maximum atomic E-state index is 14.7. The van der Waals surface area contributed by atoms with Crippen molar-refractivity contribution in [3.63, 3.8) is 0 Å². The van der Waals surface area contributed by atoms with Gasteiger partial charge in [-0.15, -0.1) is 0 Å². The van der Waals surface area contributed by atoms with E-state index in [-0.39, 0.29) is 34.8 Å². The van der Waals surface area contributed by atoms with Crippen LogP contribution in [0.1, 0.15) is 75.9 Å². The number of ether oxygens (including phenoxy) is 2. The highest BCUT2D eigenvalue weighted by Crippen LogP contribution is 2.49. The summed E-state index contributed by atoms with van der Waals surface area (Å²) in [6.45, 7) is 6.29. The molecule has 2 saturated heterocycles. The summed E-state index contributed by atoms with van der Waals surface area (Å²) in [5.74, 6) is -0.434. The van der Waals surface area contributed by atoms with Gasteiger partial charge in [0.2, 0.25) is 5.82 Å². The third kappa shape index (κ3) is 3.27. The summed E-state index contributed by atoms with van der Waals surface area (Å²) in [6.07, 6.45) is 4.17. The van der Waals surface area contributed by atoms with E-state index in [2.05, 4.69) is 15.1 Å². The van der Waals surface area contributed by atoms with Gasteiger partial charge in [-0.2, -0.15) is 10.2 Å². The van der Waals surface area contributed by atoms with Crippen molar-refractivity contribution < 1.29 is 23.2 Å². The largest absolute Gasteiger partial charge is 0.364 e. The number of amides is 1. The zero-order chi connectivity index (χ0) is 24.5. The zero-order valence-electron chi connectivity index (χ0n) is 19.7. The summed E-state index contributed by atoms with van der Waals surface area (Å²) in [4.78, 5) is 26.2. The lowest BCUT2D eigenvalue weighted by molar-refractivity contribution is -0.125. The van der Waals surface area contributed by atoms with Crippen LogP contribution >= 0.6 is 0 Å². The molecule has 1 aromatic carbocycles. The summed E-state index contributed by atoms with van der Waals surface area (Å²) in [5.41, 5.74) is -0.798. The van der Waals surface area contributed by atoms with Crippen LogP contribution in [0, 0.1) is 17.1 Å². The molecule has 182 valence electrons. The molecule has 6 rings (SSSR count). The minimum Gasteiger partial charge on any atom is -0.364 e. The lowest BCUT2D eigenvalue weighted by Crippen LogP contribution is -2.60. The molecule has 4 aliphatic rings. The predicted molar refractivity (Wildman–Crippen MR) is 121 cm³/mol. The minimum absolute atomic E-state index is 0.193. The van der Waals surface area contributed by atoms with Gasteiger partial charge in [0.05, 0.1) is 23.3 Å². The van der Waals surface area contributed by atoms with Gasteiger partial charge in [0, 0.05) is 6.61 Å². The van der Waals surface area contributed by atoms with Gasteiger partial charge < -0.3 is 18.9 Å². The van der Waals surface area contributed by atoms with E-state index < -0.39 is 23.6 Å². The average Bonchev–Trinajstić information content (AvgIpc) is 3.59. The van der Waals surface area contributed by atoms with Crippen molar-refractivity contribution in [2.45, 2.75) is 76.0 Å². The van der Waals surface area contributed by atoms with Crippen LogP contribution in [0.2, 0.25) is 0 Å². The average molecular weight is 481 g/mol. The molecule has 0 aliphatic carbocycles. The first-order valence-electron chi connectivity index (χ1n) is 11.8. The summed E-state index contributed by atoms with van der Waals surface area (Å²) >= 11 is 0. The van der Waals surface area contributed by atoms with Crippen LogP contribution in [0.4, 0.5) is 15.8 Å². The number of anilines is 2. The minimum atomic E-state index is -1.02. The Hall–Kier alpha value is -3.36. The Kier molecular flexibility index (Phi) is 4.78. The van der Waals surface area contributed by atoms with E-state index in [1.807, 2.05) is 19.9 Å². The fraction of sp³-hybridized carbons (Fsp3) is 0.542. The van der Waals surface area contributed by atoms with Gasteiger partial charge in [-0.05, 0) is 58.6 Å². The van der Waals surface area contributed by atoms with Crippen molar-refractivity contribution in [1.29, 1.82) is 5.26 Å². The summed E-state index contributed by atoms with van der Waals surface area (Å²) in [5, 5.41) is 13.9. The highest BCUT2D eigenvalue weighted by molar-refractivity contribution is 6.13. The quantitative estimate of drug-likeness (QED) is 0.655. The molecule has 0 spiro atoms. The molecule has 11 heteroatoms. The Morgan fingerprint density at radius 1 is 1.26 bits per heavy atom. The van der Waals surface area contributed by atoms with Gasteiger partial charge in [0.1, 0.15) is 35.3 Å². The summed E-state index contributed by atoms with van der Waals surface area (Å²) < 4.78 is 32.3. The van der Waals surface area contributed by atoms with E-state index >= 15 is 0 Å². The molecule has 0 radical (unpaired) electrons. The molecular formula is C24H25FN6O4. The second-order valence-corrected chi connectivity index (χ2v) is 10.2. The number of carbonyl (C=O) groups excluding carboxylic acids is 1. The van der Waals surface area contributed by atoms with Crippen LogP contribution in [-0.4, -0.2) is 46.4 Å². The van der Waals surface area contributed by atoms with Gasteiger partial charge >= 0.3 is 0 Å². The molecule has 35 heavy (non-hydrogen) atoms. The number of nitriles is 1. The Bertz CT molecular complexity index is 1280. The first kappa shape index (κ1) is 22.1. The molecule has 10 nitrogen and oxygen atoms in total. The Balaban J connectivity index is 1.41. The van der Waals surface area contributed by atoms with Crippen molar-refractivity contribution in [2.24, 2.45) is 4.99 Å². The SMILES string of the molecule is CC1(C)CCC(c2noc(C3N=CN4c5ccc(F)c(C#N)c5N(C5(C)CCCO5)C(=O)C34)n2)O1. The smallest absolute Gasteiger partial charge is 0.255 e. The highest BCUT2D eigenvalue weighted by atomic mass is 19.1. The molecule has 0 N–H and O–H groups in total. The van der Waals surface area contributed by atoms with Gasteiger partial charge in [-0.3, -0.25) is 14.7 Å². The molecule has 5 heterocycles. The number of benzene rings is 1. The number of aliphatic imine (C=N–C) groups is 1. The van der Waals surface area contributed by atoms with Crippen LogP contribution in [0.3, 0.4) is 0 Å². The van der Waals surface area contributed by atoms with Crippen molar-refractivity contribution in [2.75, 3.05) is 16.4 Å². The Morgan fingerprint density at radius 3 is 2.77 bits per heavy atom. The molecule has 4 unspecified atom stereocenters. The lowest BCUT2D eigenvalue weighted by atomic mass is 9.95. The topological polar surface area (TPSA) is 117 Å². The number of halogens is 1. The van der Waals surface area contributed by atoms with Gasteiger partial charge in [0.15, 0.2) is 6.04 Å². The van der Waals surface area contributed by atoms with Gasteiger partial charge in [-0.25, -0.2) is 4.39 Å². The van der Waals surface area contributed by atoms with Crippen LogP contribution in [-0.2, 0) is 14.3 Å². The van der Waals surface area contributed by atoms with Gasteiger partial charge in [-0.1, -0.05) is 5.16 Å². The van der Waals surface area contributed by atoms with Crippen LogP contribution < -0.4 is 9.80 Å². The number of carbonyl (C=O) groups is 1. The molecule has 0 bridgehead atoms. The van der Waals surface area contributed by atoms with Gasteiger partial charge in [0.25, 0.3) is 11.8 Å². The standard InChI is InChI=1S/C24H25FN6O4/c1-23(2)9-7-16(34-23)20-28-21(35-29-20)17-19-22(32)31(24(3)8-4-10-33-24)18-13(11-26)14(25)5-6-15(18)30(19)12-27-17/h5-6,12,16-17,19H,4,7-10H2,1-3H3.